The third kappa shape index (κ3) is 2.91. The lowest BCUT2D eigenvalue weighted by Crippen LogP contribution is -2.53. The molecule has 1 aliphatic rings. The monoisotopic (exact) mass is 301 g/mol. The summed E-state index contributed by atoms with van der Waals surface area (Å²) in [4.78, 5) is 25.4. The zero-order valence-corrected chi connectivity index (χ0v) is 11.5. The van der Waals surface area contributed by atoms with Gasteiger partial charge in [-0.2, -0.15) is 0 Å². The average molecular weight is 302 g/mol. The lowest BCUT2D eigenvalue weighted by Gasteiger charge is -2.33. The summed E-state index contributed by atoms with van der Waals surface area (Å²) in [6, 6.07) is 2.88. The summed E-state index contributed by atoms with van der Waals surface area (Å²) in [5.74, 6) is -1.56. The van der Waals surface area contributed by atoms with Crippen molar-refractivity contribution in [3.63, 3.8) is 0 Å². The molecule has 1 amide bonds. The van der Waals surface area contributed by atoms with Crippen LogP contribution in [0.2, 0.25) is 5.02 Å². The van der Waals surface area contributed by atoms with Crippen LogP contribution in [0.3, 0.4) is 0 Å². The Morgan fingerprint density at radius 3 is 2.90 bits per heavy atom. The molecule has 1 heterocycles. The van der Waals surface area contributed by atoms with E-state index in [9.17, 15) is 14.0 Å². The summed E-state index contributed by atoms with van der Waals surface area (Å²) >= 11 is 5.66. The molecule has 0 spiro atoms. The Hall–Kier alpha value is -1.66. The molecule has 1 aliphatic heterocycles. The molecule has 0 aromatic heterocycles. The minimum Gasteiger partial charge on any atom is -0.467 e. The Kier molecular flexibility index (Phi) is 4.57. The Balaban J connectivity index is 2.25. The molecule has 1 atom stereocenters. The number of hydrogen-bond donors (Lipinski definition) is 0. The molecule has 7 heteroatoms. The molecule has 0 bridgehead atoms. The molecular weight excluding hydrogens is 289 g/mol. The standard InChI is InChI=1S/C13H13ClFNO4/c1-19-13(18)11-7-20-5-4-16(11)12(17)8-2-3-10(15)9(14)6-8/h2-3,6,11H,4-5,7H2,1H3. The molecule has 0 N–H and O–H groups in total. The van der Waals surface area contributed by atoms with Crippen LogP contribution in [0.25, 0.3) is 0 Å². The number of methoxy groups -OCH3 is 1. The van der Waals surface area contributed by atoms with Gasteiger partial charge in [0.15, 0.2) is 6.04 Å². The van der Waals surface area contributed by atoms with E-state index < -0.39 is 23.7 Å². The van der Waals surface area contributed by atoms with Crippen molar-refractivity contribution in [2.24, 2.45) is 0 Å². The van der Waals surface area contributed by atoms with Crippen molar-refractivity contribution in [3.05, 3.63) is 34.6 Å². The van der Waals surface area contributed by atoms with E-state index in [4.69, 9.17) is 16.3 Å². The lowest BCUT2D eigenvalue weighted by molar-refractivity contribution is -0.151. The third-order valence-corrected chi connectivity index (χ3v) is 3.32. The Bertz CT molecular complexity index is 537. The molecule has 5 nitrogen and oxygen atoms in total. The number of halogens is 2. The largest absolute Gasteiger partial charge is 0.467 e. The van der Waals surface area contributed by atoms with E-state index >= 15 is 0 Å². The number of hydrogen-bond acceptors (Lipinski definition) is 4. The second kappa shape index (κ2) is 6.19. The molecule has 0 saturated carbocycles. The van der Waals surface area contributed by atoms with Gasteiger partial charge in [0.05, 0.1) is 25.3 Å². The first-order chi connectivity index (χ1) is 9.54. The second-order valence-electron chi connectivity index (χ2n) is 4.24. The van der Waals surface area contributed by atoms with Crippen LogP contribution in [0.4, 0.5) is 4.39 Å². The summed E-state index contributed by atoms with van der Waals surface area (Å²) in [6.45, 7) is 0.662. The maximum Gasteiger partial charge on any atom is 0.331 e. The minimum atomic E-state index is -0.801. The molecule has 1 aromatic rings. The van der Waals surface area contributed by atoms with Gasteiger partial charge in [-0.25, -0.2) is 9.18 Å². The number of rotatable bonds is 2. The van der Waals surface area contributed by atoms with E-state index in [1.807, 2.05) is 0 Å². The molecule has 1 unspecified atom stereocenters. The number of ether oxygens (including phenoxy) is 2. The first-order valence-corrected chi connectivity index (χ1v) is 6.34. The quantitative estimate of drug-likeness (QED) is 0.777. The number of nitrogens with zero attached hydrogens (tertiary/aromatic N) is 1. The van der Waals surface area contributed by atoms with Crippen LogP contribution in [0, 0.1) is 5.82 Å². The molecule has 2 rings (SSSR count). The van der Waals surface area contributed by atoms with E-state index in [1.54, 1.807) is 0 Å². The predicted molar refractivity (Wildman–Crippen MR) is 69.1 cm³/mol. The van der Waals surface area contributed by atoms with Gasteiger partial charge in [-0.05, 0) is 18.2 Å². The smallest absolute Gasteiger partial charge is 0.331 e. The molecular formula is C13H13ClFNO4. The Morgan fingerprint density at radius 2 is 2.25 bits per heavy atom. The number of carbonyl (C=O) groups excluding carboxylic acids is 2. The fourth-order valence-electron chi connectivity index (χ4n) is 1.97. The van der Waals surface area contributed by atoms with E-state index in [-0.39, 0.29) is 23.7 Å². The zero-order valence-electron chi connectivity index (χ0n) is 10.8. The zero-order chi connectivity index (χ0) is 14.7. The van der Waals surface area contributed by atoms with Crippen LogP contribution >= 0.6 is 11.6 Å². The van der Waals surface area contributed by atoms with Gasteiger partial charge in [-0.3, -0.25) is 4.79 Å². The number of carbonyl (C=O) groups is 2. The average Bonchev–Trinajstić information content (AvgIpc) is 2.48. The minimum absolute atomic E-state index is 0.0767. The number of morpholine rings is 1. The van der Waals surface area contributed by atoms with Crippen LogP contribution in [0.15, 0.2) is 18.2 Å². The highest BCUT2D eigenvalue weighted by atomic mass is 35.5. The normalized spacial score (nSPS) is 18.8. The highest BCUT2D eigenvalue weighted by molar-refractivity contribution is 6.31. The van der Waals surface area contributed by atoms with Gasteiger partial charge in [0.1, 0.15) is 5.82 Å². The van der Waals surface area contributed by atoms with Crippen LogP contribution in [-0.4, -0.2) is 49.7 Å². The lowest BCUT2D eigenvalue weighted by atomic mass is 10.1. The summed E-state index contributed by atoms with van der Waals surface area (Å²) in [7, 11) is 1.24. The van der Waals surface area contributed by atoms with Crippen molar-refractivity contribution in [2.45, 2.75) is 6.04 Å². The summed E-state index contributed by atoms with van der Waals surface area (Å²) in [5.41, 5.74) is 0.215. The molecule has 20 heavy (non-hydrogen) atoms. The van der Waals surface area contributed by atoms with Crippen molar-refractivity contribution in [1.82, 2.24) is 4.90 Å². The molecule has 0 radical (unpaired) electrons. The van der Waals surface area contributed by atoms with Gasteiger partial charge < -0.3 is 14.4 Å². The van der Waals surface area contributed by atoms with Gasteiger partial charge >= 0.3 is 5.97 Å². The highest BCUT2D eigenvalue weighted by Crippen LogP contribution is 2.19. The van der Waals surface area contributed by atoms with Crippen LogP contribution in [0.5, 0.6) is 0 Å². The van der Waals surface area contributed by atoms with Crippen molar-refractivity contribution >= 4 is 23.5 Å². The van der Waals surface area contributed by atoms with Gasteiger partial charge in [0.2, 0.25) is 0 Å². The third-order valence-electron chi connectivity index (χ3n) is 3.03. The predicted octanol–water partition coefficient (Wildman–Crippen LogP) is 1.49. The fraction of sp³-hybridized carbons (Fsp3) is 0.385. The van der Waals surface area contributed by atoms with Gasteiger partial charge in [0, 0.05) is 12.1 Å². The van der Waals surface area contributed by atoms with Crippen molar-refractivity contribution in [3.8, 4) is 0 Å². The maximum absolute atomic E-state index is 13.1. The Labute approximate surface area is 120 Å². The molecule has 1 saturated heterocycles. The van der Waals surface area contributed by atoms with Crippen LogP contribution in [-0.2, 0) is 14.3 Å². The molecule has 1 aromatic carbocycles. The van der Waals surface area contributed by atoms with Crippen molar-refractivity contribution in [1.29, 1.82) is 0 Å². The summed E-state index contributed by atoms with van der Waals surface area (Å²) in [6.07, 6.45) is 0. The topological polar surface area (TPSA) is 55.8 Å². The van der Waals surface area contributed by atoms with E-state index in [0.717, 1.165) is 6.07 Å². The van der Waals surface area contributed by atoms with Gasteiger partial charge in [-0.15, -0.1) is 0 Å². The van der Waals surface area contributed by atoms with Crippen LogP contribution < -0.4 is 0 Å². The SMILES string of the molecule is COC(=O)C1COCCN1C(=O)c1ccc(F)c(Cl)c1. The maximum atomic E-state index is 13.1. The van der Waals surface area contributed by atoms with E-state index in [0.29, 0.717) is 6.61 Å². The summed E-state index contributed by atoms with van der Waals surface area (Å²) in [5, 5.41) is -0.140. The number of benzene rings is 1. The molecule has 108 valence electrons. The van der Waals surface area contributed by atoms with Gasteiger partial charge in [0.25, 0.3) is 5.91 Å². The first-order valence-electron chi connectivity index (χ1n) is 5.96. The van der Waals surface area contributed by atoms with E-state index in [2.05, 4.69) is 4.74 Å². The molecule has 1 fully saturated rings. The number of amides is 1. The number of esters is 1. The molecule has 0 aliphatic carbocycles. The van der Waals surface area contributed by atoms with Crippen molar-refractivity contribution < 1.29 is 23.5 Å². The highest BCUT2D eigenvalue weighted by Gasteiger charge is 2.34. The summed E-state index contributed by atoms with van der Waals surface area (Å²) < 4.78 is 22.9. The van der Waals surface area contributed by atoms with Gasteiger partial charge in [-0.1, -0.05) is 11.6 Å². The van der Waals surface area contributed by atoms with Crippen LogP contribution in [0.1, 0.15) is 10.4 Å². The first kappa shape index (κ1) is 14.7. The Morgan fingerprint density at radius 1 is 1.50 bits per heavy atom. The van der Waals surface area contributed by atoms with E-state index in [1.165, 1.54) is 24.1 Å². The second-order valence-corrected chi connectivity index (χ2v) is 4.65. The fourth-order valence-corrected chi connectivity index (χ4v) is 2.15. The van der Waals surface area contributed by atoms with Crippen molar-refractivity contribution in [2.75, 3.05) is 26.9 Å².